The van der Waals surface area contributed by atoms with E-state index >= 15 is 0 Å². The Morgan fingerprint density at radius 2 is 1.73 bits per heavy atom. The summed E-state index contributed by atoms with van der Waals surface area (Å²) in [6.07, 6.45) is -0.670. The van der Waals surface area contributed by atoms with Crippen LogP contribution in [0.2, 0.25) is 0 Å². The quantitative estimate of drug-likeness (QED) is 0.504. The van der Waals surface area contributed by atoms with Gasteiger partial charge in [0.25, 0.3) is 5.91 Å². The minimum Gasteiger partial charge on any atom is -0.548 e. The summed E-state index contributed by atoms with van der Waals surface area (Å²) in [4.78, 5) is 53.9. The predicted octanol–water partition coefficient (Wildman–Crippen LogP) is 0.504. The number of carbonyl (C=O) groups excluding carboxylic acids is 4. The Hall–Kier alpha value is -3.63. The highest BCUT2D eigenvalue weighted by atomic mass is 16.6. The maximum absolute atomic E-state index is 12.9. The summed E-state index contributed by atoms with van der Waals surface area (Å²) in [5.41, 5.74) is 5.30. The van der Waals surface area contributed by atoms with Gasteiger partial charge in [-0.15, -0.1) is 0 Å². The summed E-state index contributed by atoms with van der Waals surface area (Å²) in [5, 5.41) is 10.8. The van der Waals surface area contributed by atoms with Crippen molar-refractivity contribution >= 4 is 29.9 Å². The zero-order valence-electron chi connectivity index (χ0n) is 18.8. The molecule has 1 aromatic carbocycles. The molecule has 0 saturated carbocycles. The van der Waals surface area contributed by atoms with Crippen molar-refractivity contribution in [3.05, 3.63) is 35.4 Å². The predicted molar refractivity (Wildman–Crippen MR) is 114 cm³/mol. The minimum absolute atomic E-state index is 0.0210. The Bertz CT molecular complexity index is 973. The van der Waals surface area contributed by atoms with Crippen molar-refractivity contribution in [2.75, 3.05) is 26.2 Å². The van der Waals surface area contributed by atoms with Gasteiger partial charge in [0.2, 0.25) is 0 Å². The zero-order valence-corrected chi connectivity index (χ0v) is 18.8. The van der Waals surface area contributed by atoms with Crippen molar-refractivity contribution in [3.63, 3.8) is 0 Å². The SMILES string of the molecule is CC(C)(C)OC(=O)/N=C(\N)c1ccc(C(=O)N2CCC3(CC2)CN(CC(=O)[O-])C(=O)O3)cc1. The van der Waals surface area contributed by atoms with Gasteiger partial charge in [0.05, 0.1) is 19.1 Å². The first-order valence-corrected chi connectivity index (χ1v) is 10.5. The number of aliphatic carboxylic acids is 1. The number of amidine groups is 1. The van der Waals surface area contributed by atoms with Crippen LogP contribution in [0, 0.1) is 0 Å². The lowest BCUT2D eigenvalue weighted by Crippen LogP contribution is -2.49. The molecular weight excluding hydrogens is 432 g/mol. The van der Waals surface area contributed by atoms with Gasteiger partial charge < -0.3 is 30.0 Å². The average Bonchev–Trinajstić information content (AvgIpc) is 3.00. The molecule has 11 nitrogen and oxygen atoms in total. The molecule has 3 rings (SSSR count). The van der Waals surface area contributed by atoms with Crippen LogP contribution in [0.3, 0.4) is 0 Å². The third-order valence-electron chi connectivity index (χ3n) is 5.36. The number of nitrogens with two attached hydrogens (primary N) is 1. The summed E-state index contributed by atoms with van der Waals surface area (Å²) in [6, 6.07) is 6.38. The first-order valence-electron chi connectivity index (χ1n) is 10.5. The van der Waals surface area contributed by atoms with E-state index in [4.69, 9.17) is 15.2 Å². The Labute approximate surface area is 191 Å². The molecule has 0 radical (unpaired) electrons. The highest BCUT2D eigenvalue weighted by Gasteiger charge is 2.47. The maximum Gasteiger partial charge on any atom is 0.436 e. The highest BCUT2D eigenvalue weighted by Crippen LogP contribution is 2.33. The van der Waals surface area contributed by atoms with Crippen LogP contribution in [0.4, 0.5) is 9.59 Å². The smallest absolute Gasteiger partial charge is 0.436 e. The molecule has 2 aliphatic heterocycles. The molecule has 2 aliphatic rings. The summed E-state index contributed by atoms with van der Waals surface area (Å²) in [7, 11) is 0. The van der Waals surface area contributed by atoms with Crippen LogP contribution in [0.5, 0.6) is 0 Å². The normalized spacial score (nSPS) is 18.3. The van der Waals surface area contributed by atoms with E-state index in [9.17, 15) is 24.3 Å². The van der Waals surface area contributed by atoms with Gasteiger partial charge in [-0.2, -0.15) is 4.99 Å². The number of carboxylic acid groups (broad SMARTS) is 1. The van der Waals surface area contributed by atoms with E-state index in [0.717, 1.165) is 4.90 Å². The minimum atomic E-state index is -1.35. The highest BCUT2D eigenvalue weighted by molar-refractivity contribution is 6.03. The van der Waals surface area contributed by atoms with Gasteiger partial charge in [-0.05, 0) is 32.9 Å². The number of ether oxygens (including phenoxy) is 2. The van der Waals surface area contributed by atoms with Crippen LogP contribution in [0.1, 0.15) is 49.5 Å². The third-order valence-corrected chi connectivity index (χ3v) is 5.36. The molecule has 0 aliphatic carbocycles. The Morgan fingerprint density at radius 3 is 2.27 bits per heavy atom. The second-order valence-corrected chi connectivity index (χ2v) is 9.13. The largest absolute Gasteiger partial charge is 0.548 e. The fourth-order valence-electron chi connectivity index (χ4n) is 3.76. The lowest BCUT2D eigenvalue weighted by atomic mass is 9.91. The van der Waals surface area contributed by atoms with Crippen LogP contribution in [-0.2, 0) is 14.3 Å². The molecule has 178 valence electrons. The van der Waals surface area contributed by atoms with E-state index in [1.54, 1.807) is 49.9 Å². The lowest BCUT2D eigenvalue weighted by molar-refractivity contribution is -0.305. The monoisotopic (exact) mass is 459 g/mol. The lowest BCUT2D eigenvalue weighted by Gasteiger charge is -2.37. The van der Waals surface area contributed by atoms with E-state index in [-0.39, 0.29) is 18.3 Å². The fourth-order valence-corrected chi connectivity index (χ4v) is 3.76. The van der Waals surface area contributed by atoms with Gasteiger partial charge in [0.1, 0.15) is 17.0 Å². The summed E-state index contributed by atoms with van der Waals surface area (Å²) >= 11 is 0. The van der Waals surface area contributed by atoms with Crippen LogP contribution in [0.15, 0.2) is 29.3 Å². The van der Waals surface area contributed by atoms with Crippen molar-refractivity contribution in [2.24, 2.45) is 10.7 Å². The molecule has 1 spiro atoms. The maximum atomic E-state index is 12.9. The van der Waals surface area contributed by atoms with E-state index in [0.29, 0.717) is 37.1 Å². The third kappa shape index (κ3) is 5.99. The van der Waals surface area contributed by atoms with Gasteiger partial charge >= 0.3 is 12.2 Å². The standard InChI is InChI=1S/C22H28N4O7/c1-21(2,3)32-19(30)24-17(23)14-4-6-15(7-5-14)18(29)25-10-8-22(9-11-25)13-26(12-16(27)28)20(31)33-22/h4-7H,8-13H2,1-3H3,(H,27,28)(H2,23,24,30)/p-1. The van der Waals surface area contributed by atoms with Gasteiger partial charge in [-0.1, -0.05) is 12.1 Å². The molecule has 0 unspecified atom stereocenters. The summed E-state index contributed by atoms with van der Waals surface area (Å²) < 4.78 is 10.5. The van der Waals surface area contributed by atoms with E-state index in [2.05, 4.69) is 4.99 Å². The molecule has 2 saturated heterocycles. The number of amides is 3. The topological polar surface area (TPSA) is 155 Å². The van der Waals surface area contributed by atoms with Crippen molar-refractivity contribution in [1.29, 1.82) is 0 Å². The Balaban J connectivity index is 1.59. The molecular formula is C22H27N4O7-. The van der Waals surface area contributed by atoms with Crippen molar-refractivity contribution < 1.29 is 33.8 Å². The first kappa shape index (κ1) is 24.0. The molecule has 0 bridgehead atoms. The van der Waals surface area contributed by atoms with E-state index in [1.165, 1.54) is 0 Å². The molecule has 0 atom stereocenters. The van der Waals surface area contributed by atoms with Crippen LogP contribution < -0.4 is 10.8 Å². The van der Waals surface area contributed by atoms with Crippen molar-refractivity contribution in [1.82, 2.24) is 9.80 Å². The van der Waals surface area contributed by atoms with Gasteiger partial charge in [0.15, 0.2) is 0 Å². The first-order chi connectivity index (χ1) is 15.4. The molecule has 3 amide bonds. The van der Waals surface area contributed by atoms with E-state index in [1.807, 2.05) is 0 Å². The van der Waals surface area contributed by atoms with Crippen LogP contribution in [0.25, 0.3) is 0 Å². The second-order valence-electron chi connectivity index (χ2n) is 9.13. The number of benzene rings is 1. The summed E-state index contributed by atoms with van der Waals surface area (Å²) in [5.74, 6) is -1.57. The van der Waals surface area contributed by atoms with Crippen LogP contribution in [-0.4, -0.2) is 77.1 Å². The fraction of sp³-hybridized carbons (Fsp3) is 0.500. The number of nitrogens with zero attached hydrogens (tertiary/aromatic N) is 3. The number of carboxylic acids is 1. The Kier molecular flexibility index (Phi) is 6.61. The number of hydrogen-bond acceptors (Lipinski definition) is 7. The molecule has 11 heteroatoms. The number of likely N-dealkylation sites (tertiary alicyclic amines) is 1. The van der Waals surface area contributed by atoms with E-state index < -0.39 is 35.9 Å². The summed E-state index contributed by atoms with van der Waals surface area (Å²) in [6.45, 7) is 5.52. The number of hydrogen-bond donors (Lipinski definition) is 1. The molecule has 2 fully saturated rings. The van der Waals surface area contributed by atoms with Crippen molar-refractivity contribution in [2.45, 2.75) is 44.8 Å². The number of piperidine rings is 1. The molecule has 1 aromatic rings. The van der Waals surface area contributed by atoms with Gasteiger partial charge in [-0.25, -0.2) is 9.59 Å². The van der Waals surface area contributed by atoms with Crippen molar-refractivity contribution in [3.8, 4) is 0 Å². The van der Waals surface area contributed by atoms with Gasteiger partial charge in [0, 0.05) is 37.1 Å². The zero-order chi connectivity index (χ0) is 24.4. The Morgan fingerprint density at radius 1 is 1.15 bits per heavy atom. The van der Waals surface area contributed by atoms with Gasteiger partial charge in [-0.3, -0.25) is 9.69 Å². The average molecular weight is 459 g/mol. The molecule has 2 N–H and O–H groups in total. The molecule has 33 heavy (non-hydrogen) atoms. The molecule has 2 heterocycles. The number of carbonyl (C=O) groups is 4. The number of aliphatic imine (C=N–C) groups is 1. The number of rotatable bonds is 4. The molecule has 0 aromatic heterocycles. The second kappa shape index (κ2) is 9.08. The van der Waals surface area contributed by atoms with Crippen LogP contribution >= 0.6 is 0 Å².